The van der Waals surface area contributed by atoms with Crippen molar-refractivity contribution in [2.75, 3.05) is 6.61 Å². The first kappa shape index (κ1) is 24.1. The molecular weight excluding hydrogens is 382 g/mol. The highest BCUT2D eigenvalue weighted by Crippen LogP contribution is 2.29. The quantitative estimate of drug-likeness (QED) is 0.453. The molecule has 1 aromatic rings. The van der Waals surface area contributed by atoms with Crippen molar-refractivity contribution in [3.63, 3.8) is 0 Å². The lowest BCUT2D eigenvalue weighted by Crippen LogP contribution is -2.37. The van der Waals surface area contributed by atoms with E-state index in [1.807, 2.05) is 0 Å². The number of hydrogen-bond donors (Lipinski definition) is 1. The van der Waals surface area contributed by atoms with E-state index in [1.165, 1.54) is 19.1 Å². The number of benzene rings is 1. The second-order valence-corrected chi connectivity index (χ2v) is 6.30. The first-order chi connectivity index (χ1) is 13.7. The minimum atomic E-state index is -0.992. The Morgan fingerprint density at radius 3 is 2.14 bits per heavy atom. The first-order valence-corrected chi connectivity index (χ1v) is 9.29. The lowest BCUT2D eigenvalue weighted by atomic mass is 10.1. The first-order valence-electron chi connectivity index (χ1n) is 9.29. The van der Waals surface area contributed by atoms with Gasteiger partial charge in [-0.25, -0.2) is 0 Å². The topological polar surface area (TPSA) is 131 Å². The molecule has 0 aliphatic rings. The van der Waals surface area contributed by atoms with Gasteiger partial charge in [0.25, 0.3) is 0 Å². The van der Waals surface area contributed by atoms with Gasteiger partial charge in [-0.2, -0.15) is 0 Å². The summed E-state index contributed by atoms with van der Waals surface area (Å²) in [7, 11) is 0. The second-order valence-electron chi connectivity index (χ2n) is 6.30. The van der Waals surface area contributed by atoms with Gasteiger partial charge in [-0.15, -0.1) is 0 Å². The Labute approximate surface area is 169 Å². The van der Waals surface area contributed by atoms with Crippen molar-refractivity contribution < 1.29 is 38.1 Å². The molecular formula is C20H27NO8. The Bertz CT molecular complexity index is 746. The maximum atomic E-state index is 12.1. The van der Waals surface area contributed by atoms with Crippen LogP contribution < -0.4 is 15.2 Å². The van der Waals surface area contributed by atoms with Crippen LogP contribution in [0.3, 0.4) is 0 Å². The summed E-state index contributed by atoms with van der Waals surface area (Å²) in [6.45, 7) is 6.04. The normalized spacial score (nSPS) is 12.4. The van der Waals surface area contributed by atoms with Crippen LogP contribution in [0.25, 0.3) is 0 Å². The van der Waals surface area contributed by atoms with Crippen molar-refractivity contribution in [1.29, 1.82) is 0 Å². The molecule has 0 radical (unpaired) electrons. The van der Waals surface area contributed by atoms with Crippen molar-refractivity contribution in [3.05, 3.63) is 23.8 Å². The molecule has 29 heavy (non-hydrogen) atoms. The molecule has 0 aliphatic carbocycles. The zero-order chi connectivity index (χ0) is 22.0. The molecule has 1 rings (SSSR count). The summed E-state index contributed by atoms with van der Waals surface area (Å²) in [6, 6.07) is 3.58. The molecule has 0 unspecified atom stereocenters. The summed E-state index contributed by atoms with van der Waals surface area (Å²) < 4.78 is 20.3. The van der Waals surface area contributed by atoms with Crippen LogP contribution in [0.5, 0.6) is 11.5 Å². The Kier molecular flexibility index (Phi) is 9.81. The fraction of sp³-hybridized carbons (Fsp3) is 0.500. The van der Waals surface area contributed by atoms with Crippen LogP contribution in [0.15, 0.2) is 18.2 Å². The highest BCUT2D eigenvalue weighted by molar-refractivity contribution is 5.77. The maximum Gasteiger partial charge on any atom is 0.323 e. The number of carbonyl (C=O) groups is 4. The molecule has 0 saturated heterocycles. The molecule has 0 spiro atoms. The number of esters is 4. The third-order valence-electron chi connectivity index (χ3n) is 3.63. The summed E-state index contributed by atoms with van der Waals surface area (Å²) in [5.41, 5.74) is 6.48. The monoisotopic (exact) mass is 409 g/mol. The minimum Gasteiger partial charge on any atom is -0.462 e. The van der Waals surface area contributed by atoms with Gasteiger partial charge in [0.2, 0.25) is 0 Å². The lowest BCUT2D eigenvalue weighted by molar-refractivity contribution is -0.157. The number of nitrogens with two attached hydrogens (primary N) is 1. The molecule has 9 nitrogen and oxygen atoms in total. The molecule has 0 bridgehead atoms. The lowest BCUT2D eigenvalue weighted by Gasteiger charge is -2.17. The van der Waals surface area contributed by atoms with Crippen molar-refractivity contribution in [2.45, 2.75) is 59.1 Å². The van der Waals surface area contributed by atoms with E-state index in [-0.39, 0.29) is 37.4 Å². The smallest absolute Gasteiger partial charge is 0.323 e. The van der Waals surface area contributed by atoms with Gasteiger partial charge in [0.15, 0.2) is 11.5 Å². The minimum absolute atomic E-state index is 0.0671. The predicted octanol–water partition coefficient (Wildman–Crippen LogP) is 1.68. The highest BCUT2D eigenvalue weighted by atomic mass is 16.6. The van der Waals surface area contributed by atoms with Gasteiger partial charge in [-0.3, -0.25) is 19.2 Å². The average molecular weight is 409 g/mol. The van der Waals surface area contributed by atoms with Crippen molar-refractivity contribution in [2.24, 2.45) is 5.73 Å². The second kappa shape index (κ2) is 11.8. The Morgan fingerprint density at radius 2 is 1.59 bits per heavy atom. The van der Waals surface area contributed by atoms with Crippen LogP contribution in [0.1, 0.15) is 46.1 Å². The fourth-order valence-electron chi connectivity index (χ4n) is 2.12. The van der Waals surface area contributed by atoms with Crippen LogP contribution in [0.2, 0.25) is 0 Å². The molecule has 2 N–H and O–H groups in total. The van der Waals surface area contributed by atoms with Crippen molar-refractivity contribution >= 4 is 23.9 Å². The number of hydrogen-bond acceptors (Lipinski definition) is 9. The van der Waals surface area contributed by atoms with E-state index in [4.69, 9.17) is 24.7 Å². The zero-order valence-corrected chi connectivity index (χ0v) is 17.1. The van der Waals surface area contributed by atoms with Crippen LogP contribution in [-0.4, -0.2) is 42.6 Å². The van der Waals surface area contributed by atoms with E-state index in [1.54, 1.807) is 26.8 Å². The van der Waals surface area contributed by atoms with Crippen molar-refractivity contribution in [1.82, 2.24) is 0 Å². The molecule has 2 atom stereocenters. The number of rotatable bonds is 10. The summed E-state index contributed by atoms with van der Waals surface area (Å²) in [6.07, 6.45) is -0.255. The van der Waals surface area contributed by atoms with Crippen LogP contribution >= 0.6 is 0 Å². The zero-order valence-electron chi connectivity index (χ0n) is 17.1. The van der Waals surface area contributed by atoms with E-state index in [2.05, 4.69) is 0 Å². The van der Waals surface area contributed by atoms with Gasteiger partial charge in [-0.1, -0.05) is 19.9 Å². The Balaban J connectivity index is 2.84. The molecule has 0 amide bonds. The molecule has 0 fully saturated rings. The third kappa shape index (κ3) is 8.73. The van der Waals surface area contributed by atoms with Gasteiger partial charge in [-0.05, 0) is 31.0 Å². The molecule has 0 aromatic heterocycles. The standard InChI is InChI=1S/C20H27NO8/c1-5-18(23)28-16-8-7-14(10-17(16)29-19(24)6-2)9-15(21)20(25)27-12(3)11-26-13(4)22/h7-8,10,12,15H,5-6,9,11,21H2,1-4H3/t12-,15-/m0/s1. The van der Waals surface area contributed by atoms with Crippen LogP contribution in [-0.2, 0) is 35.1 Å². The maximum absolute atomic E-state index is 12.1. The molecule has 1 aromatic carbocycles. The van der Waals surface area contributed by atoms with Crippen LogP contribution in [0, 0.1) is 0 Å². The number of ether oxygens (including phenoxy) is 4. The summed E-state index contributed by atoms with van der Waals surface area (Å²) >= 11 is 0. The largest absolute Gasteiger partial charge is 0.462 e. The number of carbonyl (C=O) groups excluding carboxylic acids is 4. The third-order valence-corrected chi connectivity index (χ3v) is 3.63. The van der Waals surface area contributed by atoms with Gasteiger partial charge in [0.05, 0.1) is 0 Å². The molecule has 160 valence electrons. The Hall–Kier alpha value is -2.94. The van der Waals surface area contributed by atoms with E-state index < -0.39 is 36.0 Å². The fourth-order valence-corrected chi connectivity index (χ4v) is 2.12. The Morgan fingerprint density at radius 1 is 1.00 bits per heavy atom. The van der Waals surface area contributed by atoms with Gasteiger partial charge < -0.3 is 24.7 Å². The van der Waals surface area contributed by atoms with Gasteiger partial charge in [0.1, 0.15) is 18.8 Å². The van der Waals surface area contributed by atoms with E-state index in [0.29, 0.717) is 5.56 Å². The van der Waals surface area contributed by atoms with Gasteiger partial charge >= 0.3 is 23.9 Å². The van der Waals surface area contributed by atoms with Gasteiger partial charge in [0, 0.05) is 19.8 Å². The SMILES string of the molecule is CCC(=O)Oc1ccc(C[C@H](N)C(=O)O[C@@H](C)COC(C)=O)cc1OC(=O)CC. The molecule has 0 aliphatic heterocycles. The summed E-state index contributed by atoms with van der Waals surface area (Å²) in [5, 5.41) is 0. The summed E-state index contributed by atoms with van der Waals surface area (Å²) in [4.78, 5) is 46.1. The molecule has 0 heterocycles. The van der Waals surface area contributed by atoms with E-state index in [9.17, 15) is 19.2 Å². The van der Waals surface area contributed by atoms with E-state index in [0.717, 1.165) is 0 Å². The van der Waals surface area contributed by atoms with E-state index >= 15 is 0 Å². The average Bonchev–Trinajstić information content (AvgIpc) is 2.67. The van der Waals surface area contributed by atoms with Crippen molar-refractivity contribution in [3.8, 4) is 11.5 Å². The summed E-state index contributed by atoms with van der Waals surface area (Å²) in [5.74, 6) is -1.95. The molecule has 0 saturated carbocycles. The highest BCUT2D eigenvalue weighted by Gasteiger charge is 2.21. The predicted molar refractivity (Wildman–Crippen MR) is 102 cm³/mol. The molecule has 9 heteroatoms. The van der Waals surface area contributed by atoms with Crippen LogP contribution in [0.4, 0.5) is 0 Å².